The predicted octanol–water partition coefficient (Wildman–Crippen LogP) is 7.47. The Balaban J connectivity index is 1.79. The SMILES string of the molecule is COC(c1ccc(C)cc1)C(c1ccccc1)n1c(-c2ccccc2)cc(-c2ccccc2)cc1=O. The van der Waals surface area contributed by atoms with Crippen molar-refractivity contribution in [3.63, 3.8) is 0 Å². The first-order valence-electron chi connectivity index (χ1n) is 12.2. The van der Waals surface area contributed by atoms with Gasteiger partial charge in [0, 0.05) is 13.2 Å². The molecule has 0 fully saturated rings. The molecule has 2 atom stereocenters. The molecule has 0 saturated heterocycles. The van der Waals surface area contributed by atoms with E-state index in [0.717, 1.165) is 33.5 Å². The van der Waals surface area contributed by atoms with Gasteiger partial charge in [-0.1, -0.05) is 121 Å². The molecule has 0 saturated carbocycles. The standard InChI is InChI=1S/C33H29NO2/c1-24-18-20-28(21-19-24)33(36-2)32(27-16-10-5-11-17-27)34-30(26-14-8-4-9-15-26)22-29(23-31(34)35)25-12-6-3-7-13-25/h3-23,32-33H,1-2H3. The molecular weight excluding hydrogens is 442 g/mol. The lowest BCUT2D eigenvalue weighted by Gasteiger charge is -2.31. The predicted molar refractivity (Wildman–Crippen MR) is 147 cm³/mol. The zero-order valence-electron chi connectivity index (χ0n) is 20.5. The summed E-state index contributed by atoms with van der Waals surface area (Å²) in [6.45, 7) is 2.07. The quantitative estimate of drug-likeness (QED) is 0.247. The van der Waals surface area contributed by atoms with Crippen LogP contribution >= 0.6 is 0 Å². The molecule has 0 aliphatic heterocycles. The lowest BCUT2D eigenvalue weighted by Crippen LogP contribution is -2.31. The number of pyridine rings is 1. The summed E-state index contributed by atoms with van der Waals surface area (Å²) in [6.07, 6.45) is -0.365. The van der Waals surface area contributed by atoms with E-state index in [2.05, 4.69) is 61.5 Å². The topological polar surface area (TPSA) is 31.2 Å². The van der Waals surface area contributed by atoms with E-state index >= 15 is 0 Å². The third-order valence-corrected chi connectivity index (χ3v) is 6.61. The van der Waals surface area contributed by atoms with Crippen LogP contribution < -0.4 is 5.56 Å². The Hall–Kier alpha value is -4.21. The molecule has 0 spiro atoms. The molecule has 5 aromatic rings. The number of benzene rings is 4. The molecule has 1 aromatic heterocycles. The minimum absolute atomic E-state index is 0.0711. The van der Waals surface area contributed by atoms with Gasteiger partial charge in [-0.25, -0.2) is 0 Å². The number of hydrogen-bond donors (Lipinski definition) is 0. The molecule has 178 valence electrons. The maximum Gasteiger partial charge on any atom is 0.252 e. The molecule has 0 N–H and O–H groups in total. The summed E-state index contributed by atoms with van der Waals surface area (Å²) < 4.78 is 8.04. The van der Waals surface area contributed by atoms with Gasteiger partial charge in [-0.2, -0.15) is 0 Å². The summed E-state index contributed by atoms with van der Waals surface area (Å²) in [5, 5.41) is 0. The number of rotatable bonds is 7. The van der Waals surface area contributed by atoms with Gasteiger partial charge in [0.1, 0.15) is 6.10 Å². The Bertz CT molecular complexity index is 1470. The van der Waals surface area contributed by atoms with Gasteiger partial charge in [-0.3, -0.25) is 9.36 Å². The molecule has 5 rings (SSSR count). The second-order valence-electron chi connectivity index (χ2n) is 8.99. The summed E-state index contributed by atoms with van der Waals surface area (Å²) >= 11 is 0. The zero-order valence-corrected chi connectivity index (χ0v) is 20.5. The van der Waals surface area contributed by atoms with E-state index in [9.17, 15) is 4.79 Å². The molecule has 0 aliphatic rings. The Morgan fingerprint density at radius 3 is 1.75 bits per heavy atom. The highest BCUT2D eigenvalue weighted by atomic mass is 16.5. The van der Waals surface area contributed by atoms with E-state index in [1.54, 1.807) is 13.2 Å². The number of hydrogen-bond acceptors (Lipinski definition) is 2. The van der Waals surface area contributed by atoms with Gasteiger partial charge in [0.05, 0.1) is 11.7 Å². The van der Waals surface area contributed by atoms with Crippen LogP contribution in [-0.4, -0.2) is 11.7 Å². The van der Waals surface area contributed by atoms with Crippen LogP contribution in [0, 0.1) is 6.92 Å². The van der Waals surface area contributed by atoms with Crippen LogP contribution in [0.3, 0.4) is 0 Å². The monoisotopic (exact) mass is 471 g/mol. The molecule has 4 aromatic carbocycles. The maximum atomic E-state index is 14.0. The summed E-state index contributed by atoms with van der Waals surface area (Å²) in [7, 11) is 1.71. The van der Waals surface area contributed by atoms with Crippen molar-refractivity contribution in [3.05, 3.63) is 154 Å². The Morgan fingerprint density at radius 2 is 1.17 bits per heavy atom. The van der Waals surface area contributed by atoms with Crippen molar-refractivity contribution < 1.29 is 4.74 Å². The van der Waals surface area contributed by atoms with E-state index in [-0.39, 0.29) is 17.7 Å². The van der Waals surface area contributed by atoms with Crippen LogP contribution in [0.25, 0.3) is 22.4 Å². The average molecular weight is 472 g/mol. The van der Waals surface area contributed by atoms with Gasteiger partial charge < -0.3 is 4.74 Å². The molecule has 0 bridgehead atoms. The molecular formula is C33H29NO2. The zero-order chi connectivity index (χ0) is 24.9. The van der Waals surface area contributed by atoms with E-state index < -0.39 is 0 Å². The van der Waals surface area contributed by atoms with Gasteiger partial charge in [0.25, 0.3) is 5.56 Å². The molecule has 1 heterocycles. The van der Waals surface area contributed by atoms with E-state index in [1.807, 2.05) is 71.3 Å². The molecule has 3 nitrogen and oxygen atoms in total. The fourth-order valence-corrected chi connectivity index (χ4v) is 4.81. The molecule has 2 unspecified atom stereocenters. The minimum atomic E-state index is -0.369. The second-order valence-corrected chi connectivity index (χ2v) is 8.99. The number of ether oxygens (including phenoxy) is 1. The van der Waals surface area contributed by atoms with Crippen molar-refractivity contribution in [2.75, 3.05) is 7.11 Å². The number of methoxy groups -OCH3 is 1. The molecule has 0 radical (unpaired) electrons. The minimum Gasteiger partial charge on any atom is -0.374 e. The highest BCUT2D eigenvalue weighted by Crippen LogP contribution is 2.38. The molecule has 0 amide bonds. The van der Waals surface area contributed by atoms with Crippen molar-refractivity contribution in [3.8, 4) is 22.4 Å². The van der Waals surface area contributed by atoms with E-state index in [0.29, 0.717) is 0 Å². The number of aryl methyl sites for hydroxylation is 1. The fourth-order valence-electron chi connectivity index (χ4n) is 4.81. The smallest absolute Gasteiger partial charge is 0.252 e. The van der Waals surface area contributed by atoms with Crippen LogP contribution in [0.5, 0.6) is 0 Å². The largest absolute Gasteiger partial charge is 0.374 e. The summed E-state index contributed by atoms with van der Waals surface area (Å²) in [6, 6.07) is 42.1. The molecule has 3 heteroatoms. The maximum absolute atomic E-state index is 14.0. The molecule has 36 heavy (non-hydrogen) atoms. The summed E-state index contributed by atoms with van der Waals surface area (Å²) in [5.74, 6) is 0. The number of aromatic nitrogens is 1. The van der Waals surface area contributed by atoms with E-state index in [1.165, 1.54) is 5.56 Å². The van der Waals surface area contributed by atoms with Crippen LogP contribution in [-0.2, 0) is 4.74 Å². The Morgan fingerprint density at radius 1 is 0.611 bits per heavy atom. The van der Waals surface area contributed by atoms with Crippen molar-refractivity contribution in [2.24, 2.45) is 0 Å². The van der Waals surface area contributed by atoms with Crippen LogP contribution in [0.4, 0.5) is 0 Å². The first-order valence-corrected chi connectivity index (χ1v) is 12.2. The highest BCUT2D eigenvalue weighted by Gasteiger charge is 2.29. The Labute approximate surface area is 212 Å². The van der Waals surface area contributed by atoms with Crippen LogP contribution in [0.2, 0.25) is 0 Å². The summed E-state index contributed by atoms with van der Waals surface area (Å²) in [4.78, 5) is 14.0. The van der Waals surface area contributed by atoms with Crippen molar-refractivity contribution in [1.29, 1.82) is 0 Å². The lowest BCUT2D eigenvalue weighted by atomic mass is 9.93. The van der Waals surface area contributed by atoms with Crippen molar-refractivity contribution in [2.45, 2.75) is 19.1 Å². The molecule has 0 aliphatic carbocycles. The first-order chi connectivity index (χ1) is 17.7. The van der Waals surface area contributed by atoms with Gasteiger partial charge in [-0.15, -0.1) is 0 Å². The normalized spacial score (nSPS) is 12.7. The fraction of sp³-hybridized carbons (Fsp3) is 0.121. The average Bonchev–Trinajstić information content (AvgIpc) is 2.94. The lowest BCUT2D eigenvalue weighted by molar-refractivity contribution is 0.0687. The third-order valence-electron chi connectivity index (χ3n) is 6.61. The van der Waals surface area contributed by atoms with Crippen molar-refractivity contribution in [1.82, 2.24) is 4.57 Å². The Kier molecular flexibility index (Phi) is 6.92. The second kappa shape index (κ2) is 10.6. The number of nitrogens with zero attached hydrogens (tertiary/aromatic N) is 1. The van der Waals surface area contributed by atoms with E-state index in [4.69, 9.17) is 4.74 Å². The van der Waals surface area contributed by atoms with Crippen molar-refractivity contribution >= 4 is 0 Å². The first kappa shape index (κ1) is 23.5. The highest BCUT2D eigenvalue weighted by molar-refractivity contribution is 5.71. The van der Waals surface area contributed by atoms with Gasteiger partial charge in [0.2, 0.25) is 0 Å². The van der Waals surface area contributed by atoms with Gasteiger partial charge in [-0.05, 0) is 40.8 Å². The third kappa shape index (κ3) is 4.79. The van der Waals surface area contributed by atoms with Crippen LogP contribution in [0.15, 0.2) is 132 Å². The van der Waals surface area contributed by atoms with Gasteiger partial charge >= 0.3 is 0 Å². The van der Waals surface area contributed by atoms with Crippen LogP contribution in [0.1, 0.15) is 28.8 Å². The summed E-state index contributed by atoms with van der Waals surface area (Å²) in [5.41, 5.74) is 6.88. The van der Waals surface area contributed by atoms with Gasteiger partial charge in [0.15, 0.2) is 0 Å².